The summed E-state index contributed by atoms with van der Waals surface area (Å²) in [5, 5.41) is 0. The van der Waals surface area contributed by atoms with Crippen LogP contribution in [0.4, 0.5) is 11.4 Å². The lowest BCUT2D eigenvalue weighted by Crippen LogP contribution is -2.76. The quantitative estimate of drug-likeness (QED) is 0.144. The molecule has 7 nitrogen and oxygen atoms in total. The van der Waals surface area contributed by atoms with E-state index in [1.807, 2.05) is 0 Å². The molecule has 3 heterocycles. The Bertz CT molecular complexity index is 2370. The van der Waals surface area contributed by atoms with Crippen LogP contribution in [-0.4, -0.2) is 24.4 Å². The number of ether oxygens (including phenoxy) is 1. The highest BCUT2D eigenvalue weighted by molar-refractivity contribution is 7.21. The van der Waals surface area contributed by atoms with Crippen LogP contribution in [-0.2, 0) is 5.41 Å². The van der Waals surface area contributed by atoms with Crippen molar-refractivity contribution in [2.45, 2.75) is 113 Å². The fraction of sp³-hybridized carbons (Fsp3) is 0.362. The Hall–Kier alpha value is -5.24. The van der Waals surface area contributed by atoms with Gasteiger partial charge in [0.15, 0.2) is 0 Å². The number of hydrogen-bond acceptors (Lipinski definition) is 3. The van der Waals surface area contributed by atoms with Crippen molar-refractivity contribution < 1.29 is 4.74 Å². The first kappa shape index (κ1) is 38.1. The molecule has 0 atom stereocenters. The zero-order valence-electron chi connectivity index (χ0n) is 34.9. The van der Waals surface area contributed by atoms with Crippen molar-refractivity contribution in [3.63, 3.8) is 0 Å². The zero-order valence-corrected chi connectivity index (χ0v) is 34.9. The van der Waals surface area contributed by atoms with E-state index in [4.69, 9.17) is 14.7 Å². The first-order valence-electron chi connectivity index (χ1n) is 20.1. The van der Waals surface area contributed by atoms with Gasteiger partial charge in [0, 0.05) is 49.0 Å². The van der Waals surface area contributed by atoms with Crippen molar-refractivity contribution in [3.05, 3.63) is 132 Å². The highest BCUT2D eigenvalue weighted by Gasteiger charge is 2.42. The minimum Gasteiger partial charge on any atom is -0.459 e. The minimum absolute atomic E-state index is 0.164. The zero-order chi connectivity index (χ0) is 39.4. The van der Waals surface area contributed by atoms with Crippen LogP contribution in [0, 0.1) is 6.92 Å². The van der Waals surface area contributed by atoms with Crippen LogP contribution in [0.25, 0.3) is 0 Å². The smallest absolute Gasteiger partial charge is 0.210 e. The van der Waals surface area contributed by atoms with Crippen LogP contribution in [0.5, 0.6) is 11.5 Å². The number of nitrogens with zero attached hydrogens (tertiary/aromatic N) is 6. The summed E-state index contributed by atoms with van der Waals surface area (Å²) in [4.78, 5) is 11.2. The van der Waals surface area contributed by atoms with Gasteiger partial charge < -0.3 is 23.0 Å². The predicted molar refractivity (Wildman–Crippen MR) is 230 cm³/mol. The number of imidazole rings is 2. The Balaban J connectivity index is 1.71. The van der Waals surface area contributed by atoms with E-state index in [9.17, 15) is 0 Å². The van der Waals surface area contributed by atoms with Gasteiger partial charge in [-0.3, -0.25) is 0 Å². The Morgan fingerprint density at radius 1 is 0.527 bits per heavy atom. The average molecular weight is 734 g/mol. The second kappa shape index (κ2) is 14.4. The molecule has 0 bridgehead atoms. The minimum atomic E-state index is -1.81. The van der Waals surface area contributed by atoms with E-state index in [2.05, 4.69) is 211 Å². The van der Waals surface area contributed by atoms with Crippen LogP contribution in [0.2, 0.25) is 0 Å². The van der Waals surface area contributed by atoms with Crippen LogP contribution in [0.1, 0.15) is 111 Å². The van der Waals surface area contributed by atoms with Gasteiger partial charge in [-0.1, -0.05) is 99.1 Å². The molecule has 7 rings (SSSR count). The summed E-state index contributed by atoms with van der Waals surface area (Å²) < 4.78 is 16.5. The van der Waals surface area contributed by atoms with Crippen LogP contribution in [0.3, 0.4) is 0 Å². The van der Waals surface area contributed by atoms with Crippen LogP contribution in [0.15, 0.2) is 120 Å². The molecule has 0 N–H and O–H groups in total. The first-order valence-corrected chi connectivity index (χ1v) is 20.1. The summed E-state index contributed by atoms with van der Waals surface area (Å²) in [5.41, 5.74) is 10.3. The van der Waals surface area contributed by atoms with E-state index < -0.39 is 6.15 Å². The maximum atomic E-state index is 7.45. The van der Waals surface area contributed by atoms with Gasteiger partial charge in [-0.25, -0.2) is 9.98 Å². The summed E-state index contributed by atoms with van der Waals surface area (Å²) >= 11 is 0. The summed E-state index contributed by atoms with van der Waals surface area (Å²) in [6.45, 7) is 26.7. The van der Waals surface area contributed by atoms with Gasteiger partial charge in [0.05, 0.1) is 0 Å². The highest BCUT2D eigenvalue weighted by atomic mass is 16.5. The van der Waals surface area contributed by atoms with Gasteiger partial charge in [0.2, 0.25) is 11.2 Å². The second-order valence-electron chi connectivity index (χ2n) is 17.6. The van der Waals surface area contributed by atoms with Gasteiger partial charge in [-0.2, -0.15) is 21.9 Å². The van der Waals surface area contributed by atoms with Crippen LogP contribution < -0.4 is 37.8 Å². The molecule has 1 aliphatic rings. The van der Waals surface area contributed by atoms with Crippen molar-refractivity contribution >= 4 is 39.4 Å². The lowest BCUT2D eigenvalue weighted by atomic mass is 9.12. The van der Waals surface area contributed by atoms with Gasteiger partial charge in [0.1, 0.15) is 29.0 Å². The van der Waals surface area contributed by atoms with Gasteiger partial charge in [-0.05, 0) is 85.4 Å². The molecule has 0 fully saturated rings. The van der Waals surface area contributed by atoms with Gasteiger partial charge in [0.25, 0.3) is 0 Å². The summed E-state index contributed by atoms with van der Waals surface area (Å²) in [5.74, 6) is 1.55. The molecule has 0 saturated carbocycles. The SMILES string of the molecule is Cc1cc(N=c2n(C(C)C)ccn2C(C)C)c2c(c1)[B-](c1ccccc1)(c1ccccc1)c1cc(C(C)(C)C)cc(N=c3n(C(C)C)ccn3C(C)C)c1O2. The largest absolute Gasteiger partial charge is 0.459 e. The summed E-state index contributed by atoms with van der Waals surface area (Å²) in [6.07, 6.45) is 6.77. The predicted octanol–water partition coefficient (Wildman–Crippen LogP) is 8.77. The van der Waals surface area contributed by atoms with E-state index >= 15 is 0 Å². The summed E-state index contributed by atoms with van der Waals surface area (Å²) in [6, 6.07) is 32.1. The number of rotatable bonds is 8. The molecule has 0 aliphatic carbocycles. The van der Waals surface area contributed by atoms with Crippen molar-refractivity contribution in [1.29, 1.82) is 0 Å². The molecule has 0 saturated heterocycles. The molecule has 8 heteroatoms. The van der Waals surface area contributed by atoms with E-state index in [0.717, 1.165) is 50.6 Å². The Kier molecular flexibility index (Phi) is 9.99. The van der Waals surface area contributed by atoms with E-state index in [-0.39, 0.29) is 29.6 Å². The first-order chi connectivity index (χ1) is 26.1. The molecule has 0 radical (unpaired) electrons. The number of hydrogen-bond donors (Lipinski definition) is 0. The third-order valence-corrected chi connectivity index (χ3v) is 11.3. The summed E-state index contributed by atoms with van der Waals surface area (Å²) in [7, 11) is 0. The standard InChI is InChI=1S/C47H58BN6O/c1-31(2)51-23-24-52(32(3)4)45(51)49-41-28-35(9)27-39-43(41)55-44-40(48(39,37-19-15-13-16-20-37)38-21-17-14-18-22-38)29-36(47(10,11)12)30-42(44)50-46-53(33(5)6)25-26-54(46)34(7)8/h13-34H,1-12H3/q-1. The number of aromatic nitrogens is 4. The molecule has 0 unspecified atom stereocenters. The Morgan fingerprint density at radius 2 is 0.909 bits per heavy atom. The van der Waals surface area contributed by atoms with E-state index in [1.165, 1.54) is 16.5 Å². The fourth-order valence-corrected chi connectivity index (χ4v) is 8.42. The molecule has 0 spiro atoms. The average Bonchev–Trinajstić information content (AvgIpc) is 3.76. The third kappa shape index (κ3) is 6.64. The van der Waals surface area contributed by atoms with Gasteiger partial charge in [-0.15, -0.1) is 0 Å². The van der Waals surface area contributed by atoms with Gasteiger partial charge >= 0.3 is 0 Å². The Labute approximate surface area is 327 Å². The lowest BCUT2D eigenvalue weighted by Gasteiger charge is -2.49. The van der Waals surface area contributed by atoms with E-state index in [1.54, 1.807) is 0 Å². The molecular formula is C47H58BN6O-. The molecule has 55 heavy (non-hydrogen) atoms. The van der Waals surface area contributed by atoms with Crippen LogP contribution >= 0.6 is 0 Å². The topological polar surface area (TPSA) is 53.7 Å². The molecule has 6 aromatic rings. The maximum Gasteiger partial charge on any atom is 0.210 e. The molecular weight excluding hydrogens is 675 g/mol. The molecule has 1 aliphatic heterocycles. The highest BCUT2D eigenvalue weighted by Crippen LogP contribution is 2.43. The molecule has 4 aromatic carbocycles. The van der Waals surface area contributed by atoms with Crippen molar-refractivity contribution in [3.8, 4) is 11.5 Å². The molecule has 286 valence electrons. The number of benzene rings is 4. The van der Waals surface area contributed by atoms with Crippen molar-refractivity contribution in [1.82, 2.24) is 18.3 Å². The van der Waals surface area contributed by atoms with E-state index in [0.29, 0.717) is 0 Å². The third-order valence-electron chi connectivity index (χ3n) is 11.3. The fourth-order valence-electron chi connectivity index (χ4n) is 8.42. The normalized spacial score (nSPS) is 13.7. The monoisotopic (exact) mass is 733 g/mol. The molecule has 2 aromatic heterocycles. The second-order valence-corrected chi connectivity index (χ2v) is 17.6. The lowest BCUT2D eigenvalue weighted by molar-refractivity contribution is 0.481. The van der Waals surface area contributed by atoms with Crippen molar-refractivity contribution in [2.24, 2.45) is 9.98 Å². The Morgan fingerprint density at radius 3 is 1.29 bits per heavy atom. The number of aryl methyl sites for hydroxylation is 1. The van der Waals surface area contributed by atoms with Crippen molar-refractivity contribution in [2.75, 3.05) is 0 Å². The maximum absolute atomic E-state index is 7.45. The molecule has 0 amide bonds. The number of fused-ring (bicyclic) bond motifs is 2.